The largest absolute Gasteiger partial charge is 0.487 e. The summed E-state index contributed by atoms with van der Waals surface area (Å²) in [6.07, 6.45) is 1.74. The summed E-state index contributed by atoms with van der Waals surface area (Å²) < 4.78 is 5.66. The van der Waals surface area contributed by atoms with Crippen LogP contribution in [0.3, 0.4) is 0 Å². The van der Waals surface area contributed by atoms with Crippen LogP contribution in [0.25, 0.3) is 0 Å². The van der Waals surface area contributed by atoms with E-state index in [9.17, 15) is 5.11 Å². The van der Waals surface area contributed by atoms with Crippen molar-refractivity contribution in [1.82, 2.24) is 4.98 Å². The fourth-order valence-electron chi connectivity index (χ4n) is 1.78. The van der Waals surface area contributed by atoms with E-state index in [2.05, 4.69) is 4.98 Å². The maximum absolute atomic E-state index is 9.88. The predicted octanol–water partition coefficient (Wildman–Crippen LogP) is 2.04. The average Bonchev–Trinajstić information content (AvgIpc) is 2.47. The molecular formula is C15H18N2O2. The molecule has 0 spiro atoms. The molecule has 1 unspecified atom stereocenters. The molecule has 0 aliphatic rings. The van der Waals surface area contributed by atoms with Gasteiger partial charge < -0.3 is 15.6 Å². The van der Waals surface area contributed by atoms with Crippen LogP contribution in [0.2, 0.25) is 0 Å². The number of benzene rings is 1. The highest BCUT2D eigenvalue weighted by Crippen LogP contribution is 2.21. The molecule has 0 bridgehead atoms. The van der Waals surface area contributed by atoms with Crippen molar-refractivity contribution in [3.8, 4) is 5.75 Å². The molecule has 0 amide bonds. The lowest BCUT2D eigenvalue weighted by Gasteiger charge is -2.12. The number of hydrogen-bond acceptors (Lipinski definition) is 4. The smallest absolute Gasteiger partial charge is 0.130 e. The van der Waals surface area contributed by atoms with Crippen molar-refractivity contribution in [1.29, 1.82) is 0 Å². The number of aliphatic hydroxyl groups is 1. The summed E-state index contributed by atoms with van der Waals surface area (Å²) in [5.74, 6) is 0.722. The molecule has 0 aliphatic heterocycles. The van der Waals surface area contributed by atoms with E-state index in [-0.39, 0.29) is 0 Å². The van der Waals surface area contributed by atoms with Gasteiger partial charge in [0.1, 0.15) is 12.4 Å². The molecule has 100 valence electrons. The lowest BCUT2D eigenvalue weighted by atomic mass is 10.1. The molecule has 0 saturated carbocycles. The van der Waals surface area contributed by atoms with Crippen molar-refractivity contribution in [3.63, 3.8) is 0 Å². The normalized spacial score (nSPS) is 12.1. The maximum Gasteiger partial charge on any atom is 0.130 e. The molecule has 1 aromatic carbocycles. The predicted molar refractivity (Wildman–Crippen MR) is 73.6 cm³/mol. The molecule has 3 N–H and O–H groups in total. The Bertz CT molecular complexity index is 503. The standard InChI is InChI=1S/C15H18N2O2/c16-8-7-15(18)12-4-3-6-14(10-12)19-11-13-5-1-2-9-17-13/h1-6,9-10,15,18H,7-8,11,16H2. The van der Waals surface area contributed by atoms with Gasteiger partial charge >= 0.3 is 0 Å². The van der Waals surface area contributed by atoms with E-state index < -0.39 is 6.10 Å². The van der Waals surface area contributed by atoms with E-state index in [1.54, 1.807) is 6.20 Å². The fraction of sp³-hybridized carbons (Fsp3) is 0.267. The number of hydrogen-bond donors (Lipinski definition) is 2. The summed E-state index contributed by atoms with van der Waals surface area (Å²) in [5, 5.41) is 9.88. The first-order valence-electron chi connectivity index (χ1n) is 6.30. The van der Waals surface area contributed by atoms with Gasteiger partial charge in [-0.2, -0.15) is 0 Å². The van der Waals surface area contributed by atoms with Gasteiger partial charge in [-0.15, -0.1) is 0 Å². The summed E-state index contributed by atoms with van der Waals surface area (Å²) >= 11 is 0. The van der Waals surface area contributed by atoms with Crippen LogP contribution in [-0.4, -0.2) is 16.6 Å². The number of aliphatic hydroxyl groups excluding tert-OH is 1. The second-order valence-corrected chi connectivity index (χ2v) is 4.28. The van der Waals surface area contributed by atoms with Crippen molar-refractivity contribution >= 4 is 0 Å². The van der Waals surface area contributed by atoms with Crippen molar-refractivity contribution in [2.24, 2.45) is 5.73 Å². The van der Waals surface area contributed by atoms with Crippen molar-refractivity contribution in [2.75, 3.05) is 6.54 Å². The lowest BCUT2D eigenvalue weighted by Crippen LogP contribution is -2.07. The maximum atomic E-state index is 9.88. The van der Waals surface area contributed by atoms with Gasteiger partial charge in [0.15, 0.2) is 0 Å². The number of ether oxygens (including phenoxy) is 1. The molecule has 19 heavy (non-hydrogen) atoms. The van der Waals surface area contributed by atoms with E-state index >= 15 is 0 Å². The van der Waals surface area contributed by atoms with Crippen LogP contribution in [0.15, 0.2) is 48.7 Å². The van der Waals surface area contributed by atoms with Gasteiger partial charge in [-0.25, -0.2) is 0 Å². The third-order valence-electron chi connectivity index (χ3n) is 2.80. The van der Waals surface area contributed by atoms with Crippen LogP contribution in [0.5, 0.6) is 5.75 Å². The number of pyridine rings is 1. The summed E-state index contributed by atoms with van der Waals surface area (Å²) in [6.45, 7) is 0.872. The zero-order valence-electron chi connectivity index (χ0n) is 10.7. The third-order valence-corrected chi connectivity index (χ3v) is 2.80. The Balaban J connectivity index is 1.99. The van der Waals surface area contributed by atoms with Crippen molar-refractivity contribution in [3.05, 3.63) is 59.9 Å². The molecule has 0 saturated heterocycles. The van der Waals surface area contributed by atoms with Gasteiger partial charge in [0, 0.05) is 6.20 Å². The summed E-state index contributed by atoms with van der Waals surface area (Å²) in [7, 11) is 0. The van der Waals surface area contributed by atoms with E-state index in [4.69, 9.17) is 10.5 Å². The van der Waals surface area contributed by atoms with Crippen LogP contribution in [0, 0.1) is 0 Å². The summed E-state index contributed by atoms with van der Waals surface area (Å²) in [4.78, 5) is 4.19. The second-order valence-electron chi connectivity index (χ2n) is 4.28. The first kappa shape index (κ1) is 13.5. The van der Waals surface area contributed by atoms with Gasteiger partial charge in [0.2, 0.25) is 0 Å². The molecule has 0 fully saturated rings. The lowest BCUT2D eigenvalue weighted by molar-refractivity contribution is 0.169. The minimum Gasteiger partial charge on any atom is -0.487 e. The van der Waals surface area contributed by atoms with Gasteiger partial charge in [0.25, 0.3) is 0 Å². The van der Waals surface area contributed by atoms with Crippen LogP contribution >= 0.6 is 0 Å². The molecule has 1 aromatic heterocycles. The van der Waals surface area contributed by atoms with Crippen molar-refractivity contribution < 1.29 is 9.84 Å². The number of rotatable bonds is 6. The Morgan fingerprint density at radius 2 is 2.11 bits per heavy atom. The van der Waals surface area contributed by atoms with Gasteiger partial charge in [-0.1, -0.05) is 18.2 Å². The van der Waals surface area contributed by atoms with Crippen LogP contribution in [-0.2, 0) is 6.61 Å². The molecule has 2 aromatic rings. The monoisotopic (exact) mass is 258 g/mol. The van der Waals surface area contributed by atoms with Crippen LogP contribution in [0.1, 0.15) is 23.8 Å². The van der Waals surface area contributed by atoms with Gasteiger partial charge in [-0.3, -0.25) is 4.98 Å². The van der Waals surface area contributed by atoms with Gasteiger partial charge in [0.05, 0.1) is 11.8 Å². The molecule has 2 rings (SSSR count). The zero-order chi connectivity index (χ0) is 13.5. The van der Waals surface area contributed by atoms with E-state index in [1.165, 1.54) is 0 Å². The number of nitrogens with zero attached hydrogens (tertiary/aromatic N) is 1. The fourth-order valence-corrected chi connectivity index (χ4v) is 1.78. The van der Waals surface area contributed by atoms with Crippen molar-refractivity contribution in [2.45, 2.75) is 19.1 Å². The first-order chi connectivity index (χ1) is 9.29. The highest BCUT2D eigenvalue weighted by Gasteiger charge is 2.07. The SMILES string of the molecule is NCCC(O)c1cccc(OCc2ccccn2)c1. The highest BCUT2D eigenvalue weighted by atomic mass is 16.5. The molecule has 1 atom stereocenters. The molecule has 1 heterocycles. The zero-order valence-corrected chi connectivity index (χ0v) is 10.7. The molecule has 4 heteroatoms. The summed E-state index contributed by atoms with van der Waals surface area (Å²) in [5.41, 5.74) is 7.13. The van der Waals surface area contributed by atoms with E-state index in [1.807, 2.05) is 42.5 Å². The molecule has 4 nitrogen and oxygen atoms in total. The van der Waals surface area contributed by atoms with E-state index in [0.29, 0.717) is 19.6 Å². The average molecular weight is 258 g/mol. The molecular weight excluding hydrogens is 240 g/mol. The minimum absolute atomic E-state index is 0.414. The molecule has 0 aliphatic carbocycles. The Morgan fingerprint density at radius 3 is 2.84 bits per heavy atom. The Hall–Kier alpha value is -1.91. The number of nitrogens with two attached hydrogens (primary N) is 1. The van der Waals surface area contributed by atoms with Crippen LogP contribution in [0.4, 0.5) is 0 Å². The van der Waals surface area contributed by atoms with Crippen LogP contribution < -0.4 is 10.5 Å². The Labute approximate surface area is 112 Å². The second kappa shape index (κ2) is 6.87. The minimum atomic E-state index is -0.539. The quantitative estimate of drug-likeness (QED) is 0.832. The van der Waals surface area contributed by atoms with E-state index in [0.717, 1.165) is 17.0 Å². The molecule has 0 radical (unpaired) electrons. The Morgan fingerprint density at radius 1 is 1.21 bits per heavy atom. The third kappa shape index (κ3) is 4.05. The van der Waals surface area contributed by atoms with Gasteiger partial charge in [-0.05, 0) is 42.8 Å². The highest BCUT2D eigenvalue weighted by molar-refractivity contribution is 5.30. The first-order valence-corrected chi connectivity index (χ1v) is 6.30. The summed E-state index contributed by atoms with van der Waals surface area (Å²) in [6, 6.07) is 13.1. The topological polar surface area (TPSA) is 68.4 Å². The Kier molecular flexibility index (Phi) is 4.89. The number of aromatic nitrogens is 1.